The standard InChI is InChI=1S/C16H14N6O/c17-14-7-10(3-4-18-14)16-19-5-6-22(16)11-1-2-12-13(8-11)21-15(9-23)20-12/h1-8,23H,9H2,(H2,17,18)(H,20,21). The van der Waals surface area contributed by atoms with Crippen molar-refractivity contribution in [2.24, 2.45) is 0 Å². The van der Waals surface area contributed by atoms with Crippen LogP contribution in [0.5, 0.6) is 0 Å². The molecule has 0 fully saturated rings. The van der Waals surface area contributed by atoms with Gasteiger partial charge in [0.05, 0.1) is 11.0 Å². The van der Waals surface area contributed by atoms with E-state index >= 15 is 0 Å². The molecule has 0 saturated carbocycles. The lowest BCUT2D eigenvalue weighted by molar-refractivity contribution is 0.273. The van der Waals surface area contributed by atoms with Crippen molar-refractivity contribution in [2.45, 2.75) is 6.61 Å². The van der Waals surface area contributed by atoms with Crippen molar-refractivity contribution in [3.05, 3.63) is 54.7 Å². The number of nitrogens with two attached hydrogens (primary N) is 1. The number of hydrogen-bond donors (Lipinski definition) is 3. The number of H-pyrrole nitrogens is 1. The van der Waals surface area contributed by atoms with Gasteiger partial charge >= 0.3 is 0 Å². The summed E-state index contributed by atoms with van der Waals surface area (Å²) in [6.45, 7) is -0.114. The second-order valence-corrected chi connectivity index (χ2v) is 5.13. The van der Waals surface area contributed by atoms with Crippen molar-refractivity contribution in [1.82, 2.24) is 24.5 Å². The van der Waals surface area contributed by atoms with Gasteiger partial charge in [-0.05, 0) is 30.3 Å². The molecule has 0 bridgehead atoms. The Morgan fingerprint density at radius 3 is 2.87 bits per heavy atom. The molecular weight excluding hydrogens is 292 g/mol. The highest BCUT2D eigenvalue weighted by molar-refractivity contribution is 5.78. The van der Waals surface area contributed by atoms with Crippen LogP contribution >= 0.6 is 0 Å². The average molecular weight is 306 g/mol. The molecule has 114 valence electrons. The number of aromatic nitrogens is 5. The number of fused-ring (bicyclic) bond motifs is 1. The zero-order chi connectivity index (χ0) is 15.8. The number of imidazole rings is 2. The van der Waals surface area contributed by atoms with Crippen LogP contribution in [0.2, 0.25) is 0 Å². The van der Waals surface area contributed by atoms with Gasteiger partial charge < -0.3 is 15.8 Å². The van der Waals surface area contributed by atoms with Gasteiger partial charge in [0, 0.05) is 29.8 Å². The SMILES string of the molecule is Nc1cc(-c2nccn2-c2ccc3nc(CO)[nH]c3c2)ccn1. The molecule has 4 rings (SSSR count). The third-order valence-electron chi connectivity index (χ3n) is 3.62. The summed E-state index contributed by atoms with van der Waals surface area (Å²) in [4.78, 5) is 15.8. The summed E-state index contributed by atoms with van der Waals surface area (Å²) >= 11 is 0. The van der Waals surface area contributed by atoms with Crippen LogP contribution in [-0.4, -0.2) is 29.6 Å². The molecule has 0 spiro atoms. The van der Waals surface area contributed by atoms with Crippen LogP contribution in [0.3, 0.4) is 0 Å². The largest absolute Gasteiger partial charge is 0.388 e. The van der Waals surface area contributed by atoms with Crippen molar-refractivity contribution < 1.29 is 5.11 Å². The Kier molecular flexibility index (Phi) is 3.06. The molecule has 0 aliphatic heterocycles. The lowest BCUT2D eigenvalue weighted by Crippen LogP contribution is -1.97. The van der Waals surface area contributed by atoms with Crippen molar-refractivity contribution in [2.75, 3.05) is 5.73 Å². The monoisotopic (exact) mass is 306 g/mol. The Balaban J connectivity index is 1.84. The minimum Gasteiger partial charge on any atom is -0.388 e. The molecule has 0 amide bonds. The van der Waals surface area contributed by atoms with Gasteiger partial charge in [-0.1, -0.05) is 0 Å². The van der Waals surface area contributed by atoms with Gasteiger partial charge in [0.2, 0.25) is 0 Å². The van der Waals surface area contributed by atoms with Crippen LogP contribution in [-0.2, 0) is 6.61 Å². The Morgan fingerprint density at radius 1 is 1.13 bits per heavy atom. The molecule has 23 heavy (non-hydrogen) atoms. The number of aliphatic hydroxyl groups is 1. The van der Waals surface area contributed by atoms with E-state index in [1.807, 2.05) is 35.0 Å². The summed E-state index contributed by atoms with van der Waals surface area (Å²) in [7, 11) is 0. The number of hydrogen-bond acceptors (Lipinski definition) is 5. The molecule has 0 aliphatic carbocycles. The molecule has 7 nitrogen and oxygen atoms in total. The minimum absolute atomic E-state index is 0.114. The van der Waals surface area contributed by atoms with E-state index in [1.165, 1.54) is 0 Å². The Bertz CT molecular complexity index is 987. The maximum absolute atomic E-state index is 9.18. The molecule has 1 aromatic carbocycles. The van der Waals surface area contributed by atoms with Crippen molar-refractivity contribution in [3.8, 4) is 17.1 Å². The fraction of sp³-hybridized carbons (Fsp3) is 0.0625. The van der Waals surface area contributed by atoms with E-state index in [4.69, 9.17) is 5.73 Å². The van der Waals surface area contributed by atoms with Gasteiger partial charge in [0.1, 0.15) is 24.1 Å². The molecule has 3 heterocycles. The molecule has 7 heteroatoms. The number of benzene rings is 1. The normalized spacial score (nSPS) is 11.2. The number of nitrogens with zero attached hydrogens (tertiary/aromatic N) is 4. The predicted octanol–water partition coefficient (Wildman–Crippen LogP) is 1.89. The predicted molar refractivity (Wildman–Crippen MR) is 86.8 cm³/mol. The first-order chi connectivity index (χ1) is 11.2. The number of aromatic amines is 1. The topological polar surface area (TPSA) is 106 Å². The first-order valence-electron chi connectivity index (χ1n) is 7.10. The van der Waals surface area contributed by atoms with Gasteiger partial charge in [0.25, 0.3) is 0 Å². The van der Waals surface area contributed by atoms with Crippen LogP contribution in [0, 0.1) is 0 Å². The fourth-order valence-corrected chi connectivity index (χ4v) is 2.59. The van der Waals surface area contributed by atoms with E-state index < -0.39 is 0 Å². The zero-order valence-electron chi connectivity index (χ0n) is 12.1. The quantitative estimate of drug-likeness (QED) is 0.536. The number of nitrogen functional groups attached to an aromatic ring is 1. The number of pyridine rings is 1. The molecule has 0 radical (unpaired) electrons. The third kappa shape index (κ3) is 2.33. The van der Waals surface area contributed by atoms with Gasteiger partial charge in [-0.25, -0.2) is 15.0 Å². The molecule has 0 unspecified atom stereocenters. The van der Waals surface area contributed by atoms with E-state index in [0.29, 0.717) is 11.6 Å². The Morgan fingerprint density at radius 2 is 2.04 bits per heavy atom. The smallest absolute Gasteiger partial charge is 0.144 e. The molecular formula is C16H14N6O. The van der Waals surface area contributed by atoms with Crippen LogP contribution in [0.15, 0.2) is 48.9 Å². The van der Waals surface area contributed by atoms with E-state index in [9.17, 15) is 5.11 Å². The Labute approximate surface area is 131 Å². The maximum Gasteiger partial charge on any atom is 0.144 e. The summed E-state index contributed by atoms with van der Waals surface area (Å²) in [6.07, 6.45) is 5.29. The van der Waals surface area contributed by atoms with Crippen LogP contribution in [0.4, 0.5) is 5.82 Å². The molecule has 4 aromatic rings. The highest BCUT2D eigenvalue weighted by atomic mass is 16.3. The molecule has 0 aliphatic rings. The molecule has 3 aromatic heterocycles. The third-order valence-corrected chi connectivity index (χ3v) is 3.62. The lowest BCUT2D eigenvalue weighted by Gasteiger charge is -2.08. The lowest BCUT2D eigenvalue weighted by atomic mass is 10.2. The van der Waals surface area contributed by atoms with Gasteiger partial charge in [-0.15, -0.1) is 0 Å². The van der Waals surface area contributed by atoms with Crippen molar-refractivity contribution in [3.63, 3.8) is 0 Å². The Hall–Kier alpha value is -3.19. The highest BCUT2D eigenvalue weighted by Crippen LogP contribution is 2.24. The number of anilines is 1. The van der Waals surface area contributed by atoms with Gasteiger partial charge in [-0.3, -0.25) is 4.57 Å². The molecule has 0 atom stereocenters. The van der Waals surface area contributed by atoms with Crippen LogP contribution in [0.25, 0.3) is 28.1 Å². The van der Waals surface area contributed by atoms with Crippen molar-refractivity contribution >= 4 is 16.9 Å². The maximum atomic E-state index is 9.18. The van der Waals surface area contributed by atoms with E-state index in [1.54, 1.807) is 18.5 Å². The average Bonchev–Trinajstić information content (AvgIpc) is 3.20. The first-order valence-corrected chi connectivity index (χ1v) is 7.10. The second-order valence-electron chi connectivity index (χ2n) is 5.13. The summed E-state index contributed by atoms with van der Waals surface area (Å²) in [5.74, 6) is 1.78. The summed E-state index contributed by atoms with van der Waals surface area (Å²) < 4.78 is 1.97. The number of aliphatic hydroxyl groups excluding tert-OH is 1. The first kappa shape index (κ1) is 13.5. The molecule has 4 N–H and O–H groups in total. The highest BCUT2D eigenvalue weighted by Gasteiger charge is 2.10. The second kappa shape index (κ2) is 5.22. The summed E-state index contributed by atoms with van der Waals surface area (Å²) in [5.41, 5.74) is 9.27. The fourth-order valence-electron chi connectivity index (χ4n) is 2.59. The number of nitrogens with one attached hydrogen (secondary N) is 1. The van der Waals surface area contributed by atoms with Gasteiger partial charge in [-0.2, -0.15) is 0 Å². The van der Waals surface area contributed by atoms with Gasteiger partial charge in [0.15, 0.2) is 0 Å². The van der Waals surface area contributed by atoms with E-state index in [2.05, 4.69) is 19.9 Å². The zero-order valence-corrected chi connectivity index (χ0v) is 12.1. The summed E-state index contributed by atoms with van der Waals surface area (Å²) in [5, 5.41) is 9.18. The van der Waals surface area contributed by atoms with Crippen LogP contribution < -0.4 is 5.73 Å². The molecule has 0 saturated heterocycles. The van der Waals surface area contributed by atoms with E-state index in [-0.39, 0.29) is 6.61 Å². The number of rotatable bonds is 3. The van der Waals surface area contributed by atoms with Crippen molar-refractivity contribution in [1.29, 1.82) is 0 Å². The van der Waals surface area contributed by atoms with Crippen LogP contribution in [0.1, 0.15) is 5.82 Å². The summed E-state index contributed by atoms with van der Waals surface area (Å²) in [6, 6.07) is 9.49. The van der Waals surface area contributed by atoms with E-state index in [0.717, 1.165) is 28.1 Å². The minimum atomic E-state index is -0.114.